The van der Waals surface area contributed by atoms with Crippen LogP contribution in [0.5, 0.6) is 17.2 Å². The number of carboxylic acid groups (broad SMARTS) is 1. The summed E-state index contributed by atoms with van der Waals surface area (Å²) in [5.74, 6) is 1.05. The zero-order chi connectivity index (χ0) is 25.8. The van der Waals surface area contributed by atoms with Crippen LogP contribution >= 0.6 is 34.8 Å². The van der Waals surface area contributed by atoms with Crippen LogP contribution in [0.2, 0.25) is 15.1 Å². The number of rotatable bonds is 7. The van der Waals surface area contributed by atoms with Crippen molar-refractivity contribution >= 4 is 46.9 Å². The minimum atomic E-state index is -1.36. The van der Waals surface area contributed by atoms with Crippen LogP contribution in [-0.4, -0.2) is 30.3 Å². The maximum Gasteiger partial charge on any atom is 0.506 e. The molecule has 3 aromatic carbocycles. The van der Waals surface area contributed by atoms with Gasteiger partial charge in [-0.2, -0.15) is 0 Å². The first-order valence-electron chi connectivity index (χ1n) is 11.1. The predicted octanol–water partition coefficient (Wildman–Crippen LogP) is 7.24. The molecule has 188 valence electrons. The summed E-state index contributed by atoms with van der Waals surface area (Å²) in [6.45, 7) is 2.53. The second-order valence-corrected chi connectivity index (χ2v) is 9.40. The molecule has 1 unspecified atom stereocenters. The van der Waals surface area contributed by atoms with Crippen LogP contribution < -0.4 is 14.8 Å². The van der Waals surface area contributed by atoms with Crippen molar-refractivity contribution in [1.29, 1.82) is 0 Å². The van der Waals surface area contributed by atoms with Crippen molar-refractivity contribution in [3.05, 3.63) is 85.9 Å². The van der Waals surface area contributed by atoms with Crippen molar-refractivity contribution in [2.75, 3.05) is 13.2 Å². The zero-order valence-electron chi connectivity index (χ0n) is 19.1. The Morgan fingerprint density at radius 1 is 1.08 bits per heavy atom. The molecule has 0 saturated heterocycles. The van der Waals surface area contributed by atoms with Gasteiger partial charge < -0.3 is 24.6 Å². The van der Waals surface area contributed by atoms with Gasteiger partial charge in [0.2, 0.25) is 0 Å². The minimum absolute atomic E-state index is 0.214. The largest absolute Gasteiger partial charge is 0.506 e. The van der Waals surface area contributed by atoms with Crippen molar-refractivity contribution in [1.82, 2.24) is 5.32 Å². The van der Waals surface area contributed by atoms with Crippen LogP contribution in [0.3, 0.4) is 0 Å². The molecule has 1 heterocycles. The average Bonchev–Trinajstić information content (AvgIpc) is 2.81. The Kier molecular flexibility index (Phi) is 8.14. The smallest absolute Gasteiger partial charge is 0.493 e. The number of carbonyl (C=O) groups is 2. The Morgan fingerprint density at radius 2 is 1.89 bits per heavy atom. The third-order valence-corrected chi connectivity index (χ3v) is 6.54. The first-order chi connectivity index (χ1) is 17.2. The van der Waals surface area contributed by atoms with Gasteiger partial charge in [-0.05, 0) is 60.9 Å². The van der Waals surface area contributed by atoms with Crippen LogP contribution in [0.4, 0.5) is 4.79 Å². The lowest BCUT2D eigenvalue weighted by molar-refractivity contribution is 0.0326. The van der Waals surface area contributed by atoms with E-state index >= 15 is 0 Å². The third kappa shape index (κ3) is 6.16. The highest BCUT2D eigenvalue weighted by molar-refractivity contribution is 6.35. The minimum Gasteiger partial charge on any atom is -0.493 e. The van der Waals surface area contributed by atoms with Crippen molar-refractivity contribution in [2.24, 2.45) is 0 Å². The molecule has 0 saturated carbocycles. The van der Waals surface area contributed by atoms with Gasteiger partial charge in [0.05, 0.1) is 11.6 Å². The summed E-state index contributed by atoms with van der Waals surface area (Å²) in [5, 5.41) is 13.3. The molecule has 10 heteroatoms. The lowest BCUT2D eigenvalue weighted by atomic mass is 10.0. The Hall–Kier alpha value is -3.13. The quantitative estimate of drug-likeness (QED) is 0.301. The normalized spacial score (nSPS) is 14.4. The lowest BCUT2D eigenvalue weighted by Gasteiger charge is -2.25. The topological polar surface area (TPSA) is 94.1 Å². The fourth-order valence-electron chi connectivity index (χ4n) is 3.89. The number of nitrogens with one attached hydrogen (secondary N) is 1. The standard InChI is InChI=1S/C26H22Cl3NO6/c1-14-10-17(4-5-18(14)25(31)30-8-6-15-2-3-16(27)11-20(15)28)35-24-13-23-19(12-21(24)29)22(7-9-34-23)36-26(32)33/h2-5,10-13,22H,6-9H2,1H3,(H,30,31)(H,32,33). The van der Waals surface area contributed by atoms with E-state index in [1.807, 2.05) is 13.0 Å². The molecule has 7 nitrogen and oxygen atoms in total. The van der Waals surface area contributed by atoms with E-state index in [2.05, 4.69) is 5.32 Å². The van der Waals surface area contributed by atoms with E-state index in [9.17, 15) is 9.59 Å². The molecule has 1 atom stereocenters. The number of halogens is 3. The summed E-state index contributed by atoms with van der Waals surface area (Å²) in [7, 11) is 0. The molecular weight excluding hydrogens is 529 g/mol. The number of hydrogen-bond donors (Lipinski definition) is 2. The van der Waals surface area contributed by atoms with Gasteiger partial charge in [-0.3, -0.25) is 4.79 Å². The highest BCUT2D eigenvalue weighted by Gasteiger charge is 2.27. The number of amides is 1. The summed E-state index contributed by atoms with van der Waals surface area (Å²) in [6.07, 6.45) is -1.06. The summed E-state index contributed by atoms with van der Waals surface area (Å²) in [5.41, 5.74) is 2.67. The van der Waals surface area contributed by atoms with Crippen molar-refractivity contribution in [3.8, 4) is 17.2 Å². The van der Waals surface area contributed by atoms with Gasteiger partial charge in [-0.15, -0.1) is 0 Å². The number of benzene rings is 3. The van der Waals surface area contributed by atoms with E-state index in [0.29, 0.717) is 64.4 Å². The summed E-state index contributed by atoms with van der Waals surface area (Å²) in [4.78, 5) is 23.7. The molecule has 2 N–H and O–H groups in total. The number of ether oxygens (including phenoxy) is 3. The predicted molar refractivity (Wildman–Crippen MR) is 137 cm³/mol. The van der Waals surface area contributed by atoms with Crippen molar-refractivity contribution in [2.45, 2.75) is 25.9 Å². The van der Waals surface area contributed by atoms with Gasteiger partial charge in [0.15, 0.2) is 0 Å². The fraction of sp³-hybridized carbons (Fsp3) is 0.231. The SMILES string of the molecule is Cc1cc(Oc2cc3c(cc2Cl)C(OC(=O)O)CCO3)ccc1C(=O)NCCc1ccc(Cl)cc1Cl. The van der Waals surface area contributed by atoms with Crippen LogP contribution in [0.15, 0.2) is 48.5 Å². The monoisotopic (exact) mass is 549 g/mol. The molecule has 0 bridgehead atoms. The van der Waals surface area contributed by atoms with Crippen LogP contribution in [-0.2, 0) is 11.2 Å². The van der Waals surface area contributed by atoms with Crippen molar-refractivity contribution in [3.63, 3.8) is 0 Å². The number of hydrogen-bond acceptors (Lipinski definition) is 5. The van der Waals surface area contributed by atoms with E-state index in [1.54, 1.807) is 42.5 Å². The van der Waals surface area contributed by atoms with E-state index in [4.69, 9.17) is 54.1 Å². The number of aryl methyl sites for hydroxylation is 1. The maximum atomic E-state index is 12.7. The summed E-state index contributed by atoms with van der Waals surface area (Å²) < 4.78 is 16.5. The number of fused-ring (bicyclic) bond motifs is 1. The highest BCUT2D eigenvalue weighted by Crippen LogP contribution is 2.42. The van der Waals surface area contributed by atoms with E-state index in [-0.39, 0.29) is 10.9 Å². The molecule has 36 heavy (non-hydrogen) atoms. The fourth-order valence-corrected chi connectivity index (χ4v) is 4.61. The average molecular weight is 551 g/mol. The first kappa shape index (κ1) is 25.9. The Balaban J connectivity index is 1.42. The third-order valence-electron chi connectivity index (χ3n) is 5.66. The van der Waals surface area contributed by atoms with Crippen LogP contribution in [0, 0.1) is 6.92 Å². The highest BCUT2D eigenvalue weighted by atomic mass is 35.5. The van der Waals surface area contributed by atoms with Gasteiger partial charge in [0, 0.05) is 40.2 Å². The zero-order valence-corrected chi connectivity index (χ0v) is 21.4. The van der Waals surface area contributed by atoms with Crippen LogP contribution in [0.1, 0.15) is 39.6 Å². The molecule has 4 rings (SSSR count). The van der Waals surface area contributed by atoms with Gasteiger partial charge in [-0.25, -0.2) is 4.79 Å². The second kappa shape index (κ2) is 11.3. The first-order valence-corrected chi connectivity index (χ1v) is 12.2. The van der Waals surface area contributed by atoms with Crippen molar-refractivity contribution < 1.29 is 28.9 Å². The summed E-state index contributed by atoms with van der Waals surface area (Å²) in [6, 6.07) is 13.5. The molecule has 0 aromatic heterocycles. The Bertz CT molecular complexity index is 1310. The molecule has 1 amide bonds. The molecule has 0 aliphatic carbocycles. The lowest BCUT2D eigenvalue weighted by Crippen LogP contribution is -2.26. The Labute approximate surface area is 222 Å². The molecule has 1 aliphatic heterocycles. The van der Waals surface area contributed by atoms with Gasteiger partial charge in [-0.1, -0.05) is 40.9 Å². The molecule has 0 spiro atoms. The Morgan fingerprint density at radius 3 is 2.61 bits per heavy atom. The van der Waals surface area contributed by atoms with Gasteiger partial charge in [0.25, 0.3) is 5.91 Å². The van der Waals surface area contributed by atoms with E-state index in [0.717, 1.165) is 11.1 Å². The van der Waals surface area contributed by atoms with Crippen LogP contribution in [0.25, 0.3) is 0 Å². The van der Waals surface area contributed by atoms with Gasteiger partial charge >= 0.3 is 6.16 Å². The summed E-state index contributed by atoms with van der Waals surface area (Å²) >= 11 is 18.5. The molecule has 0 fully saturated rings. The van der Waals surface area contributed by atoms with E-state index < -0.39 is 12.3 Å². The molecule has 3 aromatic rings. The van der Waals surface area contributed by atoms with Gasteiger partial charge in [0.1, 0.15) is 23.4 Å². The number of carbonyl (C=O) groups excluding carboxylic acids is 1. The maximum absolute atomic E-state index is 12.7. The molecule has 1 aliphatic rings. The molecular formula is C26H22Cl3NO6. The molecule has 0 radical (unpaired) electrons. The second-order valence-electron chi connectivity index (χ2n) is 8.15. The van der Waals surface area contributed by atoms with E-state index in [1.165, 1.54) is 0 Å².